The van der Waals surface area contributed by atoms with Crippen LogP contribution in [0.3, 0.4) is 0 Å². The zero-order valence-electron chi connectivity index (χ0n) is 15.9. The SMILES string of the molecule is CCc1nc2c(F)cc(/C=C/C(=O)NO)cc2c(=O)n1Cc1ccc(F)cc1C. The second-order valence-corrected chi connectivity index (χ2v) is 6.55. The number of carbonyl (C=O) groups excluding carboxylic acids is 1. The summed E-state index contributed by atoms with van der Waals surface area (Å²) in [6, 6.07) is 6.90. The van der Waals surface area contributed by atoms with E-state index >= 15 is 0 Å². The number of nitrogens with zero attached hydrogens (tertiary/aromatic N) is 2. The third-order valence-corrected chi connectivity index (χ3v) is 4.60. The van der Waals surface area contributed by atoms with E-state index in [1.165, 1.54) is 34.3 Å². The fourth-order valence-corrected chi connectivity index (χ4v) is 3.09. The summed E-state index contributed by atoms with van der Waals surface area (Å²) >= 11 is 0. The van der Waals surface area contributed by atoms with Crippen molar-refractivity contribution in [2.45, 2.75) is 26.8 Å². The fraction of sp³-hybridized carbons (Fsp3) is 0.190. The van der Waals surface area contributed by atoms with Gasteiger partial charge >= 0.3 is 0 Å². The highest BCUT2D eigenvalue weighted by Crippen LogP contribution is 2.19. The van der Waals surface area contributed by atoms with E-state index in [0.29, 0.717) is 17.8 Å². The van der Waals surface area contributed by atoms with E-state index in [2.05, 4.69) is 4.98 Å². The van der Waals surface area contributed by atoms with Crippen LogP contribution in [0.1, 0.15) is 29.4 Å². The van der Waals surface area contributed by atoms with Crippen molar-refractivity contribution in [3.8, 4) is 0 Å². The molecule has 0 radical (unpaired) electrons. The first-order valence-electron chi connectivity index (χ1n) is 8.94. The number of amides is 1. The van der Waals surface area contributed by atoms with E-state index in [9.17, 15) is 18.4 Å². The Kier molecular flexibility index (Phi) is 5.84. The molecule has 0 unspecified atom stereocenters. The summed E-state index contributed by atoms with van der Waals surface area (Å²) in [7, 11) is 0. The first-order chi connectivity index (χ1) is 13.8. The van der Waals surface area contributed by atoms with Crippen molar-refractivity contribution >= 4 is 22.9 Å². The molecule has 0 spiro atoms. The molecule has 8 heteroatoms. The van der Waals surface area contributed by atoms with Gasteiger partial charge in [-0.05, 0) is 54.0 Å². The molecule has 3 aromatic rings. The van der Waals surface area contributed by atoms with Crippen LogP contribution in [0.15, 0.2) is 41.2 Å². The van der Waals surface area contributed by atoms with E-state index in [1.54, 1.807) is 13.0 Å². The topological polar surface area (TPSA) is 84.2 Å². The van der Waals surface area contributed by atoms with Crippen LogP contribution in [0, 0.1) is 18.6 Å². The number of hydrogen-bond donors (Lipinski definition) is 2. The Bertz CT molecular complexity index is 1190. The first-order valence-corrected chi connectivity index (χ1v) is 8.94. The standard InChI is InChI=1S/C21H19F2N3O3/c1-3-18-24-20-16(9-13(10-17(20)23)4-7-19(27)25-29)21(28)26(18)11-14-5-6-15(22)8-12(14)2/h4-10,29H,3,11H2,1-2H3,(H,25,27)/b7-4+. The lowest BCUT2D eigenvalue weighted by molar-refractivity contribution is -0.124. The van der Waals surface area contributed by atoms with Crippen molar-refractivity contribution in [2.24, 2.45) is 0 Å². The second-order valence-electron chi connectivity index (χ2n) is 6.55. The van der Waals surface area contributed by atoms with Gasteiger partial charge in [-0.15, -0.1) is 0 Å². The van der Waals surface area contributed by atoms with Crippen molar-refractivity contribution in [3.05, 3.63) is 80.9 Å². The summed E-state index contributed by atoms with van der Waals surface area (Å²) in [5, 5.41) is 8.61. The quantitative estimate of drug-likeness (QED) is 0.392. The molecular formula is C21H19F2N3O3. The zero-order chi connectivity index (χ0) is 21.1. The summed E-state index contributed by atoms with van der Waals surface area (Å²) in [5.74, 6) is -1.43. The maximum Gasteiger partial charge on any atom is 0.267 e. The van der Waals surface area contributed by atoms with E-state index in [1.807, 2.05) is 6.92 Å². The van der Waals surface area contributed by atoms with Gasteiger partial charge < -0.3 is 0 Å². The summed E-state index contributed by atoms with van der Waals surface area (Å²) in [6.45, 7) is 3.73. The van der Waals surface area contributed by atoms with Gasteiger partial charge in [-0.25, -0.2) is 19.2 Å². The van der Waals surface area contributed by atoms with Crippen LogP contribution in [-0.2, 0) is 17.8 Å². The Labute approximate surface area is 165 Å². The third-order valence-electron chi connectivity index (χ3n) is 4.60. The van der Waals surface area contributed by atoms with Crippen molar-refractivity contribution in [1.82, 2.24) is 15.0 Å². The van der Waals surface area contributed by atoms with Gasteiger partial charge in [0, 0.05) is 12.5 Å². The Balaban J connectivity index is 2.16. The molecule has 0 saturated carbocycles. The minimum absolute atomic E-state index is 0.0531. The van der Waals surface area contributed by atoms with Crippen LogP contribution >= 0.6 is 0 Å². The van der Waals surface area contributed by atoms with Crippen LogP contribution in [0.5, 0.6) is 0 Å². The number of benzene rings is 2. The van der Waals surface area contributed by atoms with Crippen molar-refractivity contribution in [3.63, 3.8) is 0 Å². The molecule has 1 aromatic heterocycles. The summed E-state index contributed by atoms with van der Waals surface area (Å²) in [6.07, 6.45) is 2.69. The molecule has 0 aliphatic carbocycles. The fourth-order valence-electron chi connectivity index (χ4n) is 3.09. The van der Waals surface area contributed by atoms with Gasteiger partial charge in [0.15, 0.2) is 0 Å². The normalized spacial score (nSPS) is 11.3. The molecule has 0 saturated heterocycles. The molecule has 0 fully saturated rings. The summed E-state index contributed by atoms with van der Waals surface area (Å²) < 4.78 is 29.4. The van der Waals surface area contributed by atoms with Crippen molar-refractivity contribution < 1.29 is 18.8 Å². The predicted molar refractivity (Wildman–Crippen MR) is 105 cm³/mol. The average Bonchev–Trinajstić information content (AvgIpc) is 2.70. The molecule has 3 rings (SSSR count). The largest absolute Gasteiger partial charge is 0.292 e. The molecule has 1 amide bonds. The van der Waals surface area contributed by atoms with E-state index in [4.69, 9.17) is 5.21 Å². The Morgan fingerprint density at radius 2 is 2.03 bits per heavy atom. The summed E-state index contributed by atoms with van der Waals surface area (Å²) in [4.78, 5) is 28.6. The van der Waals surface area contributed by atoms with Crippen LogP contribution in [0.25, 0.3) is 17.0 Å². The second kappa shape index (κ2) is 8.32. The molecule has 0 bridgehead atoms. The lowest BCUT2D eigenvalue weighted by atomic mass is 10.1. The number of carbonyl (C=O) groups is 1. The van der Waals surface area contributed by atoms with E-state index in [-0.39, 0.29) is 28.8 Å². The van der Waals surface area contributed by atoms with Gasteiger partial charge in [0.1, 0.15) is 23.0 Å². The molecule has 0 aliphatic heterocycles. The van der Waals surface area contributed by atoms with Gasteiger partial charge in [0.25, 0.3) is 11.5 Å². The number of hydrogen-bond acceptors (Lipinski definition) is 4. The molecule has 29 heavy (non-hydrogen) atoms. The molecule has 150 valence electrons. The third kappa shape index (κ3) is 4.22. The monoisotopic (exact) mass is 399 g/mol. The number of halogens is 2. The van der Waals surface area contributed by atoms with E-state index in [0.717, 1.165) is 17.7 Å². The van der Waals surface area contributed by atoms with Crippen LogP contribution in [-0.4, -0.2) is 20.7 Å². The zero-order valence-corrected chi connectivity index (χ0v) is 15.9. The van der Waals surface area contributed by atoms with Gasteiger partial charge in [0.05, 0.1) is 11.9 Å². The molecule has 2 N–H and O–H groups in total. The van der Waals surface area contributed by atoms with Crippen molar-refractivity contribution in [1.29, 1.82) is 0 Å². The van der Waals surface area contributed by atoms with Crippen LogP contribution in [0.2, 0.25) is 0 Å². The van der Waals surface area contributed by atoms with Gasteiger partial charge in [-0.2, -0.15) is 0 Å². The Morgan fingerprint density at radius 1 is 1.28 bits per heavy atom. The molecule has 2 aromatic carbocycles. The highest BCUT2D eigenvalue weighted by atomic mass is 19.1. The highest BCUT2D eigenvalue weighted by Gasteiger charge is 2.15. The van der Waals surface area contributed by atoms with E-state index < -0.39 is 17.3 Å². The number of aromatic nitrogens is 2. The molecule has 0 aliphatic rings. The number of aryl methyl sites for hydroxylation is 2. The number of nitrogens with one attached hydrogen (secondary N) is 1. The lowest BCUT2D eigenvalue weighted by Crippen LogP contribution is -2.26. The van der Waals surface area contributed by atoms with Gasteiger partial charge in [-0.1, -0.05) is 13.0 Å². The molecular weight excluding hydrogens is 380 g/mol. The maximum atomic E-state index is 14.6. The molecule has 6 nitrogen and oxygen atoms in total. The number of rotatable bonds is 5. The highest BCUT2D eigenvalue weighted by molar-refractivity contribution is 5.91. The predicted octanol–water partition coefficient (Wildman–Crippen LogP) is 3.11. The molecule has 0 atom stereocenters. The number of hydroxylamine groups is 1. The summed E-state index contributed by atoms with van der Waals surface area (Å²) in [5.41, 5.74) is 2.66. The van der Waals surface area contributed by atoms with Crippen molar-refractivity contribution in [2.75, 3.05) is 0 Å². The Hall–Kier alpha value is -3.39. The minimum atomic E-state index is -0.783. The van der Waals surface area contributed by atoms with Crippen LogP contribution in [0.4, 0.5) is 8.78 Å². The smallest absolute Gasteiger partial charge is 0.267 e. The minimum Gasteiger partial charge on any atom is -0.292 e. The van der Waals surface area contributed by atoms with Crippen LogP contribution < -0.4 is 11.0 Å². The number of fused-ring (bicyclic) bond motifs is 1. The first kappa shape index (κ1) is 20.3. The maximum absolute atomic E-state index is 14.6. The lowest BCUT2D eigenvalue weighted by Gasteiger charge is -2.14. The molecule has 1 heterocycles. The Morgan fingerprint density at radius 3 is 2.69 bits per heavy atom. The van der Waals surface area contributed by atoms with Gasteiger partial charge in [-0.3, -0.25) is 19.4 Å². The average molecular weight is 399 g/mol. The van der Waals surface area contributed by atoms with Gasteiger partial charge in [0.2, 0.25) is 0 Å².